The second kappa shape index (κ2) is 59.5. The Bertz CT molecular complexity index is 1680. The summed E-state index contributed by atoms with van der Waals surface area (Å²) in [6, 6.07) is 0. The van der Waals surface area contributed by atoms with Gasteiger partial charge in [0.2, 0.25) is 0 Å². The highest BCUT2D eigenvalue weighted by atomic mass is 31.2. The van der Waals surface area contributed by atoms with Gasteiger partial charge in [-0.25, -0.2) is 4.57 Å². The number of aliphatic hydroxyl groups is 1. The number of aliphatic hydroxyl groups excluding tert-OH is 1. The lowest BCUT2D eigenvalue weighted by Crippen LogP contribution is -2.30. The number of unbranched alkanes of at least 4 members (excludes halogenated alkanes) is 24. The average molecular weight is 1110 g/mol. The summed E-state index contributed by atoms with van der Waals surface area (Å²) in [4.78, 5) is 48.7. The number of hydrogen-bond acceptors (Lipinski definition) is 10. The number of allylic oxidation sites excluding steroid dienone is 16. The quantitative estimate of drug-likeness (QED) is 0.0197. The van der Waals surface area contributed by atoms with Gasteiger partial charge < -0.3 is 24.2 Å². The Morgan fingerprint density at radius 1 is 0.372 bits per heavy atom. The van der Waals surface area contributed by atoms with Crippen molar-refractivity contribution in [2.45, 2.75) is 277 Å². The molecule has 0 bridgehead atoms. The minimum absolute atomic E-state index is 0.151. The first-order chi connectivity index (χ1) is 38.2. The van der Waals surface area contributed by atoms with Crippen LogP contribution in [0.5, 0.6) is 0 Å². The third-order valence-corrected chi connectivity index (χ3v) is 13.9. The highest BCUT2D eigenvalue weighted by Gasteiger charge is 2.28. The van der Waals surface area contributed by atoms with Gasteiger partial charge in [0.25, 0.3) is 0 Å². The molecule has 0 aliphatic rings. The summed E-state index contributed by atoms with van der Waals surface area (Å²) in [6.07, 6.45) is 70.6. The summed E-state index contributed by atoms with van der Waals surface area (Å²) < 4.78 is 39.6. The molecule has 0 fully saturated rings. The topological polar surface area (TPSA) is 155 Å². The minimum atomic E-state index is -4.77. The van der Waals surface area contributed by atoms with Gasteiger partial charge in [-0.2, -0.15) is 0 Å². The van der Waals surface area contributed by atoms with Crippen LogP contribution in [-0.4, -0.2) is 66.5 Å². The summed E-state index contributed by atoms with van der Waals surface area (Å²) in [7, 11) is -4.77. The molecule has 0 heterocycles. The highest BCUT2D eigenvalue weighted by Crippen LogP contribution is 2.43. The zero-order chi connectivity index (χ0) is 56.9. The van der Waals surface area contributed by atoms with Crippen molar-refractivity contribution in [3.63, 3.8) is 0 Å². The van der Waals surface area contributed by atoms with Gasteiger partial charge in [0.05, 0.1) is 19.8 Å². The molecule has 0 saturated heterocycles. The van der Waals surface area contributed by atoms with Gasteiger partial charge in [0.15, 0.2) is 6.10 Å². The average Bonchev–Trinajstić information content (AvgIpc) is 3.43. The Morgan fingerprint density at radius 2 is 0.667 bits per heavy atom. The van der Waals surface area contributed by atoms with Crippen LogP contribution in [-0.2, 0) is 42.2 Å². The van der Waals surface area contributed by atoms with E-state index < -0.39 is 57.8 Å². The van der Waals surface area contributed by atoms with Crippen molar-refractivity contribution in [2.75, 3.05) is 26.4 Å². The summed E-state index contributed by atoms with van der Waals surface area (Å²) in [5, 5.41) is 9.84. The fourth-order valence-corrected chi connectivity index (χ4v) is 9.01. The van der Waals surface area contributed by atoms with E-state index >= 15 is 0 Å². The molecule has 0 aliphatic carbocycles. The molecule has 11 nitrogen and oxygen atoms in total. The largest absolute Gasteiger partial charge is 0.472 e. The molecule has 448 valence electrons. The van der Waals surface area contributed by atoms with Crippen LogP contribution < -0.4 is 0 Å². The predicted molar refractivity (Wildman–Crippen MR) is 325 cm³/mol. The zero-order valence-electron chi connectivity index (χ0n) is 49.6. The van der Waals surface area contributed by atoms with Crippen LogP contribution in [0.25, 0.3) is 0 Å². The number of carbonyl (C=O) groups is 3. The van der Waals surface area contributed by atoms with Gasteiger partial charge in [-0.1, -0.05) is 221 Å². The molecule has 78 heavy (non-hydrogen) atoms. The molecule has 0 saturated carbocycles. The number of phosphoric ester groups is 1. The van der Waals surface area contributed by atoms with E-state index in [2.05, 4.69) is 118 Å². The van der Waals surface area contributed by atoms with E-state index in [-0.39, 0.29) is 25.9 Å². The van der Waals surface area contributed by atoms with E-state index in [1.54, 1.807) is 0 Å². The number of hydrogen-bond donors (Lipinski definition) is 2. The first-order valence-electron chi connectivity index (χ1n) is 31.1. The van der Waals surface area contributed by atoms with Crippen molar-refractivity contribution in [2.24, 2.45) is 0 Å². The van der Waals surface area contributed by atoms with Gasteiger partial charge in [0.1, 0.15) is 12.7 Å². The molecule has 3 atom stereocenters. The Kier molecular flexibility index (Phi) is 56.8. The van der Waals surface area contributed by atoms with Crippen molar-refractivity contribution in [3.05, 3.63) is 97.2 Å². The number of carbonyl (C=O) groups excluding carboxylic acids is 3. The Balaban J connectivity index is 4.77. The summed E-state index contributed by atoms with van der Waals surface area (Å²) >= 11 is 0. The van der Waals surface area contributed by atoms with Gasteiger partial charge in [-0.15, -0.1) is 0 Å². The van der Waals surface area contributed by atoms with Crippen molar-refractivity contribution in [1.82, 2.24) is 0 Å². The third-order valence-electron chi connectivity index (χ3n) is 13.0. The van der Waals surface area contributed by atoms with E-state index in [4.69, 9.17) is 23.3 Å². The number of ether oxygens (including phenoxy) is 3. The second-order valence-electron chi connectivity index (χ2n) is 20.5. The minimum Gasteiger partial charge on any atom is -0.462 e. The number of rotatable bonds is 57. The van der Waals surface area contributed by atoms with Crippen molar-refractivity contribution in [1.29, 1.82) is 0 Å². The standard InChI is InChI=1S/C66H113O11P/c1-4-7-10-13-16-19-22-25-28-30-31-33-35-37-40-43-46-49-52-55-64(68)73-59-63(77-66(70)57-54-51-48-45-42-39-36-32-29-26-23-20-17-14-11-8-5-2)61-75-78(71,72)74-60-62(58-67)76-65(69)56-53-50-47-44-41-38-34-27-24-21-18-15-12-9-6-3/h7,10,16-21,25-29,31,33-34,62-63,67H,4-6,8-9,11-15,22-24,30,32,35-61H2,1-3H3,(H,71,72)/b10-7-,19-16-,20-17-,21-18-,28-25-,29-26-,33-31-,34-27-. The molecule has 0 aromatic carbocycles. The van der Waals surface area contributed by atoms with Crippen molar-refractivity contribution >= 4 is 25.7 Å². The van der Waals surface area contributed by atoms with E-state index in [9.17, 15) is 28.9 Å². The van der Waals surface area contributed by atoms with Crippen molar-refractivity contribution < 1.29 is 52.2 Å². The van der Waals surface area contributed by atoms with E-state index in [1.807, 2.05) is 0 Å². The fraction of sp³-hybridized carbons (Fsp3) is 0.712. The van der Waals surface area contributed by atoms with Gasteiger partial charge >= 0.3 is 25.7 Å². The number of phosphoric acid groups is 1. The summed E-state index contributed by atoms with van der Waals surface area (Å²) in [5.41, 5.74) is 0. The van der Waals surface area contributed by atoms with Crippen LogP contribution in [0.1, 0.15) is 265 Å². The molecule has 0 aromatic heterocycles. The molecule has 0 spiro atoms. The van der Waals surface area contributed by atoms with E-state index in [1.165, 1.54) is 57.8 Å². The van der Waals surface area contributed by atoms with Gasteiger partial charge in [0, 0.05) is 19.3 Å². The van der Waals surface area contributed by atoms with E-state index in [0.29, 0.717) is 19.3 Å². The molecular weight excluding hydrogens is 1000 g/mol. The maximum absolute atomic E-state index is 12.9. The normalized spacial score (nSPS) is 14.0. The molecule has 12 heteroatoms. The molecule has 0 aromatic rings. The van der Waals surface area contributed by atoms with Crippen LogP contribution >= 0.6 is 7.82 Å². The molecule has 2 N–H and O–H groups in total. The third kappa shape index (κ3) is 57.1. The maximum atomic E-state index is 12.9. The van der Waals surface area contributed by atoms with Crippen LogP contribution in [0.4, 0.5) is 0 Å². The summed E-state index contributed by atoms with van der Waals surface area (Å²) in [6.45, 7) is 4.46. The summed E-state index contributed by atoms with van der Waals surface area (Å²) in [5.74, 6) is -1.50. The van der Waals surface area contributed by atoms with Crippen molar-refractivity contribution in [3.8, 4) is 0 Å². The molecule has 0 radical (unpaired) electrons. The molecular formula is C66H113O11P. The van der Waals surface area contributed by atoms with Gasteiger partial charge in [-0.3, -0.25) is 23.4 Å². The molecule has 0 rings (SSSR count). The van der Waals surface area contributed by atoms with Crippen LogP contribution in [0.2, 0.25) is 0 Å². The first-order valence-corrected chi connectivity index (χ1v) is 32.6. The van der Waals surface area contributed by atoms with E-state index in [0.717, 1.165) is 148 Å². The lowest BCUT2D eigenvalue weighted by atomic mass is 10.1. The lowest BCUT2D eigenvalue weighted by molar-refractivity contribution is -0.161. The fourth-order valence-electron chi connectivity index (χ4n) is 8.23. The Morgan fingerprint density at radius 3 is 1.03 bits per heavy atom. The second-order valence-corrected chi connectivity index (χ2v) is 21.9. The Labute approximate surface area is 476 Å². The molecule has 0 aliphatic heterocycles. The number of esters is 3. The Hall–Kier alpha value is -3.60. The molecule has 3 unspecified atom stereocenters. The highest BCUT2D eigenvalue weighted by molar-refractivity contribution is 7.47. The van der Waals surface area contributed by atoms with Crippen LogP contribution in [0, 0.1) is 0 Å². The predicted octanol–water partition coefficient (Wildman–Crippen LogP) is 18.8. The van der Waals surface area contributed by atoms with Crippen LogP contribution in [0.15, 0.2) is 97.2 Å². The zero-order valence-corrected chi connectivity index (χ0v) is 50.5. The maximum Gasteiger partial charge on any atom is 0.472 e. The first kappa shape index (κ1) is 74.4. The van der Waals surface area contributed by atoms with Crippen LogP contribution in [0.3, 0.4) is 0 Å². The monoisotopic (exact) mass is 1110 g/mol. The SMILES string of the molecule is CC/C=C\C/C=C\C/C=C\C/C=C\CCCCCCCCC(=O)OCC(COP(=O)(O)OCC(CO)OC(=O)CCCCCCC/C=C\C/C=C\CCCCC)OC(=O)CCCCCCCCC/C=C\C/C=C\CCCCC. The smallest absolute Gasteiger partial charge is 0.462 e. The molecule has 0 amide bonds. The lowest BCUT2D eigenvalue weighted by Gasteiger charge is -2.21. The van der Waals surface area contributed by atoms with Gasteiger partial charge in [-0.05, 0) is 122 Å².